The zero-order valence-electron chi connectivity index (χ0n) is 15.6. The first kappa shape index (κ1) is 19.2. The standard InChI is InChI=1S/C21H26N2O4/c1-26-19-9-10-20(27-14-18-4-2-3-11-22-18)16(12-19)13-23-17-7-5-15(6-8-17)21(24)25/h2-4,9-12,15,17,23H,5-8,13-14H2,1H3,(H,24,25). The number of carboxylic acid groups (broad SMARTS) is 1. The fourth-order valence-corrected chi connectivity index (χ4v) is 3.40. The lowest BCUT2D eigenvalue weighted by Gasteiger charge is -2.27. The average Bonchev–Trinajstić information content (AvgIpc) is 2.72. The number of aromatic nitrogens is 1. The molecule has 0 spiro atoms. The minimum atomic E-state index is -0.675. The van der Waals surface area contributed by atoms with E-state index in [1.165, 1.54) is 0 Å². The number of nitrogens with zero attached hydrogens (tertiary/aromatic N) is 1. The molecule has 6 heteroatoms. The fourth-order valence-electron chi connectivity index (χ4n) is 3.40. The van der Waals surface area contributed by atoms with Crippen molar-refractivity contribution in [2.75, 3.05) is 7.11 Å². The van der Waals surface area contributed by atoms with Crippen molar-refractivity contribution in [3.05, 3.63) is 53.9 Å². The van der Waals surface area contributed by atoms with Crippen LogP contribution in [0.25, 0.3) is 0 Å². The Morgan fingerprint density at radius 3 is 2.70 bits per heavy atom. The molecule has 27 heavy (non-hydrogen) atoms. The summed E-state index contributed by atoms with van der Waals surface area (Å²) >= 11 is 0. The van der Waals surface area contributed by atoms with Crippen LogP contribution in [-0.4, -0.2) is 29.2 Å². The molecule has 0 bridgehead atoms. The number of hydrogen-bond donors (Lipinski definition) is 2. The quantitative estimate of drug-likeness (QED) is 0.741. The predicted octanol–water partition coefficient (Wildman–Crippen LogP) is 3.40. The summed E-state index contributed by atoms with van der Waals surface area (Å²) in [6.45, 7) is 1.06. The monoisotopic (exact) mass is 370 g/mol. The Bertz CT molecular complexity index is 743. The fraction of sp³-hybridized carbons (Fsp3) is 0.429. The van der Waals surface area contributed by atoms with Crippen molar-refractivity contribution in [2.45, 2.75) is 44.9 Å². The lowest BCUT2D eigenvalue weighted by Crippen LogP contribution is -2.34. The number of carboxylic acids is 1. The third kappa shape index (κ3) is 5.44. The maximum Gasteiger partial charge on any atom is 0.306 e. The van der Waals surface area contributed by atoms with Crippen LogP contribution in [0.1, 0.15) is 36.9 Å². The van der Waals surface area contributed by atoms with E-state index in [0.29, 0.717) is 19.2 Å². The first-order chi connectivity index (χ1) is 13.2. The molecule has 0 saturated heterocycles. The second-order valence-corrected chi connectivity index (χ2v) is 6.85. The molecule has 1 aromatic heterocycles. The van der Waals surface area contributed by atoms with Crippen molar-refractivity contribution in [1.82, 2.24) is 10.3 Å². The van der Waals surface area contributed by atoms with Gasteiger partial charge in [-0.2, -0.15) is 0 Å². The topological polar surface area (TPSA) is 80.7 Å². The highest BCUT2D eigenvalue weighted by Crippen LogP contribution is 2.27. The number of methoxy groups -OCH3 is 1. The van der Waals surface area contributed by atoms with E-state index in [1.807, 2.05) is 36.4 Å². The normalized spacial score (nSPS) is 19.4. The van der Waals surface area contributed by atoms with Gasteiger partial charge in [0.15, 0.2) is 0 Å². The Labute approximate surface area is 159 Å². The number of pyridine rings is 1. The van der Waals surface area contributed by atoms with Crippen molar-refractivity contribution < 1.29 is 19.4 Å². The Morgan fingerprint density at radius 1 is 1.22 bits per heavy atom. The molecule has 3 rings (SSSR count). The van der Waals surface area contributed by atoms with Crippen LogP contribution >= 0.6 is 0 Å². The molecule has 1 aromatic carbocycles. The van der Waals surface area contributed by atoms with E-state index < -0.39 is 5.97 Å². The summed E-state index contributed by atoms with van der Waals surface area (Å²) in [5, 5.41) is 12.7. The SMILES string of the molecule is COc1ccc(OCc2ccccn2)c(CNC2CCC(C(=O)O)CC2)c1. The highest BCUT2D eigenvalue weighted by molar-refractivity contribution is 5.70. The van der Waals surface area contributed by atoms with Gasteiger partial charge in [0.1, 0.15) is 18.1 Å². The van der Waals surface area contributed by atoms with Crippen LogP contribution in [0.2, 0.25) is 0 Å². The Balaban J connectivity index is 1.60. The van der Waals surface area contributed by atoms with Gasteiger partial charge in [-0.3, -0.25) is 9.78 Å². The molecular formula is C21H26N2O4. The molecule has 6 nitrogen and oxygen atoms in total. The smallest absolute Gasteiger partial charge is 0.306 e. The maximum atomic E-state index is 11.1. The van der Waals surface area contributed by atoms with E-state index >= 15 is 0 Å². The van der Waals surface area contributed by atoms with Gasteiger partial charge in [0.2, 0.25) is 0 Å². The molecular weight excluding hydrogens is 344 g/mol. The van der Waals surface area contributed by atoms with Gasteiger partial charge < -0.3 is 19.9 Å². The number of benzene rings is 1. The van der Waals surface area contributed by atoms with Crippen molar-refractivity contribution in [3.63, 3.8) is 0 Å². The lowest BCUT2D eigenvalue weighted by molar-refractivity contribution is -0.142. The predicted molar refractivity (Wildman–Crippen MR) is 102 cm³/mol. The van der Waals surface area contributed by atoms with Gasteiger partial charge >= 0.3 is 5.97 Å². The third-order valence-electron chi connectivity index (χ3n) is 5.03. The van der Waals surface area contributed by atoms with Crippen LogP contribution in [0, 0.1) is 5.92 Å². The first-order valence-electron chi connectivity index (χ1n) is 9.31. The largest absolute Gasteiger partial charge is 0.497 e. The van der Waals surface area contributed by atoms with Crippen LogP contribution in [-0.2, 0) is 17.9 Å². The number of hydrogen-bond acceptors (Lipinski definition) is 5. The number of aliphatic carboxylic acids is 1. The van der Waals surface area contributed by atoms with Gasteiger partial charge in [-0.1, -0.05) is 6.07 Å². The molecule has 0 aliphatic heterocycles. The molecule has 1 fully saturated rings. The molecule has 2 N–H and O–H groups in total. The Kier molecular flexibility index (Phi) is 6.65. The van der Waals surface area contributed by atoms with Gasteiger partial charge in [0, 0.05) is 24.3 Å². The van der Waals surface area contributed by atoms with Crippen molar-refractivity contribution in [2.24, 2.45) is 5.92 Å². The number of rotatable bonds is 8. The molecule has 1 saturated carbocycles. The van der Waals surface area contributed by atoms with Gasteiger partial charge in [0.25, 0.3) is 0 Å². The van der Waals surface area contributed by atoms with E-state index in [2.05, 4.69) is 10.3 Å². The zero-order chi connectivity index (χ0) is 19.1. The maximum absolute atomic E-state index is 11.1. The van der Waals surface area contributed by atoms with E-state index in [-0.39, 0.29) is 5.92 Å². The highest BCUT2D eigenvalue weighted by Gasteiger charge is 2.25. The number of carbonyl (C=O) groups is 1. The summed E-state index contributed by atoms with van der Waals surface area (Å²) in [6.07, 6.45) is 4.97. The van der Waals surface area contributed by atoms with Gasteiger partial charge in [-0.05, 0) is 56.0 Å². The van der Waals surface area contributed by atoms with Crippen molar-refractivity contribution >= 4 is 5.97 Å². The molecule has 0 amide bonds. The van der Waals surface area contributed by atoms with Crippen molar-refractivity contribution in [3.8, 4) is 11.5 Å². The first-order valence-corrected chi connectivity index (χ1v) is 9.31. The molecule has 144 valence electrons. The zero-order valence-corrected chi connectivity index (χ0v) is 15.6. The summed E-state index contributed by atoms with van der Waals surface area (Å²) in [6, 6.07) is 11.9. The molecule has 1 aliphatic carbocycles. The van der Waals surface area contributed by atoms with Gasteiger partial charge in [-0.15, -0.1) is 0 Å². The van der Waals surface area contributed by atoms with Gasteiger partial charge in [0.05, 0.1) is 18.7 Å². The van der Waals surface area contributed by atoms with Crippen LogP contribution in [0.5, 0.6) is 11.5 Å². The molecule has 1 aliphatic rings. The molecule has 0 unspecified atom stereocenters. The summed E-state index contributed by atoms with van der Waals surface area (Å²) < 4.78 is 11.3. The number of ether oxygens (including phenoxy) is 2. The molecule has 0 radical (unpaired) electrons. The summed E-state index contributed by atoms with van der Waals surface area (Å²) in [4.78, 5) is 15.4. The van der Waals surface area contributed by atoms with E-state index in [4.69, 9.17) is 14.6 Å². The van der Waals surface area contributed by atoms with Gasteiger partial charge in [-0.25, -0.2) is 0 Å². The lowest BCUT2D eigenvalue weighted by atomic mass is 9.86. The summed E-state index contributed by atoms with van der Waals surface area (Å²) in [5.41, 5.74) is 1.89. The van der Waals surface area contributed by atoms with Crippen LogP contribution in [0.4, 0.5) is 0 Å². The summed E-state index contributed by atoms with van der Waals surface area (Å²) in [7, 11) is 1.65. The van der Waals surface area contributed by atoms with Crippen LogP contribution < -0.4 is 14.8 Å². The van der Waals surface area contributed by atoms with E-state index in [1.54, 1.807) is 13.3 Å². The van der Waals surface area contributed by atoms with E-state index in [9.17, 15) is 4.79 Å². The molecule has 0 atom stereocenters. The van der Waals surface area contributed by atoms with Crippen molar-refractivity contribution in [1.29, 1.82) is 0 Å². The summed E-state index contributed by atoms with van der Waals surface area (Å²) in [5.74, 6) is 0.711. The molecule has 2 aromatic rings. The Morgan fingerprint density at radius 2 is 2.04 bits per heavy atom. The minimum absolute atomic E-state index is 0.197. The average molecular weight is 370 g/mol. The number of nitrogens with one attached hydrogen (secondary N) is 1. The highest BCUT2D eigenvalue weighted by atomic mass is 16.5. The third-order valence-corrected chi connectivity index (χ3v) is 5.03. The second-order valence-electron chi connectivity index (χ2n) is 6.85. The minimum Gasteiger partial charge on any atom is -0.497 e. The molecule has 1 heterocycles. The Hall–Kier alpha value is -2.60. The second kappa shape index (κ2) is 9.37. The van der Waals surface area contributed by atoms with Crippen LogP contribution in [0.3, 0.4) is 0 Å². The van der Waals surface area contributed by atoms with Crippen LogP contribution in [0.15, 0.2) is 42.6 Å². The van der Waals surface area contributed by atoms with E-state index in [0.717, 1.165) is 48.4 Å².